The van der Waals surface area contributed by atoms with E-state index in [-0.39, 0.29) is 0 Å². The molecule has 0 aromatic heterocycles. The lowest BCUT2D eigenvalue weighted by atomic mass is 10.1. The number of hydrogen-bond acceptors (Lipinski definition) is 3. The van der Waals surface area contributed by atoms with E-state index in [9.17, 15) is 22.8 Å². The van der Waals surface area contributed by atoms with Crippen molar-refractivity contribution in [2.75, 3.05) is 14.1 Å². The van der Waals surface area contributed by atoms with Gasteiger partial charge in [0.05, 0.1) is 5.57 Å². The van der Waals surface area contributed by atoms with E-state index in [1.54, 1.807) is 0 Å². The Bertz CT molecular complexity index is 279. The molecule has 0 fully saturated rings. The van der Waals surface area contributed by atoms with Crippen LogP contribution in [0.25, 0.3) is 0 Å². The maximum absolute atomic E-state index is 11.9. The van der Waals surface area contributed by atoms with Crippen LogP contribution in [0.3, 0.4) is 0 Å². The maximum Gasteiger partial charge on any atom is 0.455 e. The molecule has 0 aromatic carbocycles. The number of halogens is 3. The number of carbonyl (C=O) groups excluding carboxylic acids is 2. The SMILES string of the molecule is CC(=O)C(=CN(C)C)C(=O)C(F)(F)F. The van der Waals surface area contributed by atoms with Crippen LogP contribution in [-0.2, 0) is 9.59 Å². The number of Topliss-reactive ketones (excluding diaryl/α,β-unsaturated/α-hetero) is 2. The molecule has 0 unspecified atom stereocenters. The molecule has 0 bridgehead atoms. The second-order valence-electron chi connectivity index (χ2n) is 2.89. The van der Waals surface area contributed by atoms with Crippen molar-refractivity contribution in [2.24, 2.45) is 0 Å². The number of alkyl halides is 3. The Labute approximate surface area is 79.2 Å². The summed E-state index contributed by atoms with van der Waals surface area (Å²) in [7, 11) is 2.85. The molecule has 0 N–H and O–H groups in total. The van der Waals surface area contributed by atoms with E-state index in [1.165, 1.54) is 19.0 Å². The number of nitrogens with zero attached hydrogens (tertiary/aromatic N) is 1. The molecule has 80 valence electrons. The molecule has 0 aromatic rings. The monoisotopic (exact) mass is 209 g/mol. The summed E-state index contributed by atoms with van der Waals surface area (Å²) in [5.41, 5.74) is -0.859. The van der Waals surface area contributed by atoms with Gasteiger partial charge < -0.3 is 4.90 Å². The molecule has 0 aliphatic carbocycles. The summed E-state index contributed by atoms with van der Waals surface area (Å²) in [4.78, 5) is 22.7. The standard InChI is InChI=1S/C8H10F3NO2/c1-5(13)6(4-12(2)3)7(14)8(9,10)11/h4H,1-3H3. The van der Waals surface area contributed by atoms with Gasteiger partial charge in [-0.2, -0.15) is 13.2 Å². The highest BCUT2D eigenvalue weighted by atomic mass is 19.4. The van der Waals surface area contributed by atoms with Crippen molar-refractivity contribution in [1.82, 2.24) is 4.90 Å². The van der Waals surface area contributed by atoms with Crippen LogP contribution in [-0.4, -0.2) is 36.7 Å². The van der Waals surface area contributed by atoms with Crippen LogP contribution in [0.15, 0.2) is 11.8 Å². The fourth-order valence-corrected chi connectivity index (χ4v) is 0.720. The Morgan fingerprint density at radius 2 is 1.64 bits per heavy atom. The predicted molar refractivity (Wildman–Crippen MR) is 43.5 cm³/mol. The molecule has 0 aliphatic rings. The summed E-state index contributed by atoms with van der Waals surface area (Å²) in [6, 6.07) is 0. The molecule has 0 amide bonds. The highest BCUT2D eigenvalue weighted by Crippen LogP contribution is 2.21. The van der Waals surface area contributed by atoms with Crippen LogP contribution in [0.2, 0.25) is 0 Å². The second-order valence-corrected chi connectivity index (χ2v) is 2.89. The number of hydrogen-bond donors (Lipinski definition) is 0. The van der Waals surface area contributed by atoms with E-state index in [4.69, 9.17) is 0 Å². The van der Waals surface area contributed by atoms with Gasteiger partial charge in [0.1, 0.15) is 0 Å². The number of allylic oxidation sites excluding steroid dienone is 1. The van der Waals surface area contributed by atoms with Gasteiger partial charge in [0.2, 0.25) is 0 Å². The van der Waals surface area contributed by atoms with Crippen molar-refractivity contribution >= 4 is 11.6 Å². The molecule has 14 heavy (non-hydrogen) atoms. The van der Waals surface area contributed by atoms with Gasteiger partial charge >= 0.3 is 6.18 Å². The first kappa shape index (κ1) is 12.7. The zero-order chi connectivity index (χ0) is 11.5. The molecule has 6 heteroatoms. The van der Waals surface area contributed by atoms with E-state index in [2.05, 4.69) is 0 Å². The summed E-state index contributed by atoms with van der Waals surface area (Å²) >= 11 is 0. The van der Waals surface area contributed by atoms with Crippen molar-refractivity contribution in [3.63, 3.8) is 0 Å². The number of carbonyl (C=O) groups is 2. The average molecular weight is 209 g/mol. The van der Waals surface area contributed by atoms with Crippen molar-refractivity contribution in [1.29, 1.82) is 0 Å². The Hall–Kier alpha value is -1.33. The van der Waals surface area contributed by atoms with Crippen LogP contribution in [0, 0.1) is 0 Å². The highest BCUT2D eigenvalue weighted by Gasteiger charge is 2.42. The molecule has 0 saturated heterocycles. The lowest BCUT2D eigenvalue weighted by Gasteiger charge is -2.10. The fraction of sp³-hybridized carbons (Fsp3) is 0.500. The molecule has 0 spiro atoms. The van der Waals surface area contributed by atoms with Gasteiger partial charge in [-0.1, -0.05) is 0 Å². The summed E-state index contributed by atoms with van der Waals surface area (Å²) < 4.78 is 35.8. The third-order valence-corrected chi connectivity index (χ3v) is 1.27. The summed E-state index contributed by atoms with van der Waals surface area (Å²) in [5.74, 6) is -3.01. The lowest BCUT2D eigenvalue weighted by Crippen LogP contribution is -2.28. The van der Waals surface area contributed by atoms with E-state index >= 15 is 0 Å². The van der Waals surface area contributed by atoms with E-state index in [0.717, 1.165) is 13.1 Å². The third-order valence-electron chi connectivity index (χ3n) is 1.27. The van der Waals surface area contributed by atoms with Gasteiger partial charge in [0.15, 0.2) is 5.78 Å². The largest absolute Gasteiger partial charge is 0.455 e. The Morgan fingerprint density at radius 3 is 1.86 bits per heavy atom. The van der Waals surface area contributed by atoms with Gasteiger partial charge in [0.25, 0.3) is 5.78 Å². The minimum Gasteiger partial charge on any atom is -0.383 e. The van der Waals surface area contributed by atoms with Gasteiger partial charge in [-0.15, -0.1) is 0 Å². The van der Waals surface area contributed by atoms with Crippen molar-refractivity contribution < 1.29 is 22.8 Å². The zero-order valence-electron chi connectivity index (χ0n) is 7.97. The minimum absolute atomic E-state index is 0.859. The molecule has 0 saturated carbocycles. The first-order valence-electron chi connectivity index (χ1n) is 3.67. The summed E-state index contributed by atoms with van der Waals surface area (Å²) in [6.45, 7) is 0.916. The quantitative estimate of drug-likeness (QED) is 0.397. The topological polar surface area (TPSA) is 37.4 Å². The number of rotatable bonds is 3. The summed E-state index contributed by atoms with van der Waals surface area (Å²) in [5, 5.41) is 0. The molecule has 0 aliphatic heterocycles. The number of ketones is 2. The van der Waals surface area contributed by atoms with Gasteiger partial charge in [-0.25, -0.2) is 0 Å². The van der Waals surface area contributed by atoms with Crippen molar-refractivity contribution in [3.8, 4) is 0 Å². The first-order chi connectivity index (χ1) is 6.16. The summed E-state index contributed by atoms with van der Waals surface area (Å²) in [6.07, 6.45) is -4.15. The van der Waals surface area contributed by atoms with E-state index in [0.29, 0.717) is 0 Å². The molecule has 0 radical (unpaired) electrons. The van der Waals surface area contributed by atoms with Crippen molar-refractivity contribution in [2.45, 2.75) is 13.1 Å². The van der Waals surface area contributed by atoms with Crippen LogP contribution in [0.4, 0.5) is 13.2 Å². The molecule has 0 heterocycles. The smallest absolute Gasteiger partial charge is 0.383 e. The van der Waals surface area contributed by atoms with Crippen LogP contribution in [0.1, 0.15) is 6.92 Å². The molecular formula is C8H10F3NO2. The van der Waals surface area contributed by atoms with Crippen LogP contribution >= 0.6 is 0 Å². The third kappa shape index (κ3) is 3.59. The molecular weight excluding hydrogens is 199 g/mol. The fourth-order valence-electron chi connectivity index (χ4n) is 0.720. The maximum atomic E-state index is 11.9. The average Bonchev–Trinajstić information content (AvgIpc) is 1.96. The minimum atomic E-state index is -5.01. The van der Waals surface area contributed by atoms with Gasteiger partial charge in [-0.05, 0) is 6.92 Å². The predicted octanol–water partition coefficient (Wildman–Crippen LogP) is 1.15. The van der Waals surface area contributed by atoms with E-state index < -0.39 is 23.3 Å². The van der Waals surface area contributed by atoms with Crippen molar-refractivity contribution in [3.05, 3.63) is 11.8 Å². The van der Waals surface area contributed by atoms with Crippen LogP contribution < -0.4 is 0 Å². The zero-order valence-corrected chi connectivity index (χ0v) is 7.97. The molecule has 0 atom stereocenters. The Kier molecular flexibility index (Phi) is 3.85. The molecule has 3 nitrogen and oxygen atoms in total. The second kappa shape index (κ2) is 4.26. The van der Waals surface area contributed by atoms with E-state index in [1.807, 2.05) is 0 Å². The lowest BCUT2D eigenvalue weighted by molar-refractivity contribution is -0.167. The van der Waals surface area contributed by atoms with Gasteiger partial charge in [-0.3, -0.25) is 9.59 Å². The normalized spacial score (nSPS) is 12.6. The molecule has 0 rings (SSSR count). The highest BCUT2D eigenvalue weighted by molar-refractivity contribution is 6.21. The Morgan fingerprint density at radius 1 is 1.21 bits per heavy atom. The Balaban J connectivity index is 5.06. The van der Waals surface area contributed by atoms with Crippen LogP contribution in [0.5, 0.6) is 0 Å². The first-order valence-corrected chi connectivity index (χ1v) is 3.67. The van der Waals surface area contributed by atoms with Gasteiger partial charge in [0, 0.05) is 20.3 Å².